The van der Waals surface area contributed by atoms with Gasteiger partial charge in [0.15, 0.2) is 4.47 Å². The van der Waals surface area contributed by atoms with Crippen LogP contribution < -0.4 is 4.57 Å². The number of aromatic nitrogens is 3. The number of pyridine rings is 1. The highest BCUT2D eigenvalue weighted by Gasteiger charge is 2.35. The summed E-state index contributed by atoms with van der Waals surface area (Å²) >= 11 is 7.05. The highest BCUT2D eigenvalue weighted by atomic mass is 35.5. The van der Waals surface area contributed by atoms with Gasteiger partial charge in [-0.1, -0.05) is 11.6 Å². The molecule has 0 fully saturated rings. The smallest absolute Gasteiger partial charge is 0.344 e. The lowest BCUT2D eigenvalue weighted by Gasteiger charge is -2.16. The van der Waals surface area contributed by atoms with Crippen molar-refractivity contribution in [2.75, 3.05) is 13.1 Å². The predicted octanol–water partition coefficient (Wildman–Crippen LogP) is 1.84. The van der Waals surface area contributed by atoms with Crippen molar-refractivity contribution in [1.29, 1.82) is 0 Å². The number of aromatic carboxylic acids is 1. The number of carboxylic acid groups (broad SMARTS) is 1. The van der Waals surface area contributed by atoms with E-state index in [0.717, 1.165) is 0 Å². The van der Waals surface area contributed by atoms with Crippen LogP contribution >= 0.6 is 22.9 Å². The molecule has 2 N–H and O–H groups in total. The first-order valence-corrected chi connectivity index (χ1v) is 9.82. The third-order valence-electron chi connectivity index (χ3n) is 4.43. The molecule has 3 aromatic rings. The van der Waals surface area contributed by atoms with Crippen LogP contribution in [-0.4, -0.2) is 55.2 Å². The van der Waals surface area contributed by atoms with Crippen LogP contribution in [-0.2, 0) is 11.3 Å². The molecule has 0 atom stereocenters. The SMILES string of the molecule is CCN(CC(=O)c1c(O)[n+](Cc2cnc(Cl)s2)c2c(C(=O)O)cccn12)C(C)=O. The van der Waals surface area contributed by atoms with Gasteiger partial charge in [0, 0.05) is 19.7 Å². The van der Waals surface area contributed by atoms with Gasteiger partial charge < -0.3 is 15.1 Å². The molecule has 0 unspecified atom stereocenters. The molecule has 29 heavy (non-hydrogen) atoms. The van der Waals surface area contributed by atoms with Gasteiger partial charge in [0.05, 0.1) is 17.6 Å². The fourth-order valence-corrected chi connectivity index (χ4v) is 4.04. The van der Waals surface area contributed by atoms with E-state index < -0.39 is 17.6 Å². The second kappa shape index (κ2) is 8.18. The molecule has 1 amide bonds. The predicted molar refractivity (Wildman–Crippen MR) is 105 cm³/mol. The fraction of sp³-hybridized carbons (Fsp3) is 0.278. The summed E-state index contributed by atoms with van der Waals surface area (Å²) in [7, 11) is 0. The maximum Gasteiger partial charge on any atom is 0.344 e. The largest absolute Gasteiger partial charge is 0.477 e. The van der Waals surface area contributed by atoms with E-state index >= 15 is 0 Å². The molecule has 0 spiro atoms. The van der Waals surface area contributed by atoms with Crippen LogP contribution in [0.3, 0.4) is 0 Å². The molecule has 3 aromatic heterocycles. The van der Waals surface area contributed by atoms with Crippen molar-refractivity contribution < 1.29 is 29.2 Å². The Labute approximate surface area is 174 Å². The number of hydrogen-bond acceptors (Lipinski definition) is 6. The van der Waals surface area contributed by atoms with Crippen molar-refractivity contribution in [3.63, 3.8) is 0 Å². The van der Waals surface area contributed by atoms with Gasteiger partial charge in [-0.25, -0.2) is 9.78 Å². The summed E-state index contributed by atoms with van der Waals surface area (Å²) in [6, 6.07) is 2.86. The number of amides is 1. The van der Waals surface area contributed by atoms with Crippen molar-refractivity contribution in [3.05, 3.63) is 45.1 Å². The number of carboxylic acids is 1. The number of ketones is 1. The van der Waals surface area contributed by atoms with Gasteiger partial charge in [0.2, 0.25) is 11.7 Å². The Morgan fingerprint density at radius 1 is 1.38 bits per heavy atom. The van der Waals surface area contributed by atoms with E-state index in [-0.39, 0.29) is 35.9 Å². The van der Waals surface area contributed by atoms with E-state index in [4.69, 9.17) is 11.6 Å². The summed E-state index contributed by atoms with van der Waals surface area (Å²) < 4.78 is 2.96. The topological polar surface area (TPSA) is 116 Å². The number of rotatable bonds is 7. The Morgan fingerprint density at radius 2 is 2.10 bits per heavy atom. The molecular formula is C18H18ClN4O5S+. The summed E-state index contributed by atoms with van der Waals surface area (Å²) in [6.07, 6.45) is 3.01. The van der Waals surface area contributed by atoms with Crippen molar-refractivity contribution in [2.24, 2.45) is 0 Å². The number of nitrogens with zero attached hydrogens (tertiary/aromatic N) is 4. The van der Waals surface area contributed by atoms with Crippen LogP contribution in [0.5, 0.6) is 5.88 Å². The minimum absolute atomic E-state index is 0.0709. The summed E-state index contributed by atoms with van der Waals surface area (Å²) in [4.78, 5) is 42.3. The number of carbonyl (C=O) groups excluding carboxylic acids is 2. The highest BCUT2D eigenvalue weighted by Crippen LogP contribution is 2.24. The van der Waals surface area contributed by atoms with Crippen molar-refractivity contribution in [1.82, 2.24) is 14.3 Å². The van der Waals surface area contributed by atoms with Crippen LogP contribution in [0.4, 0.5) is 0 Å². The average molecular weight is 438 g/mol. The molecule has 0 aromatic carbocycles. The van der Waals surface area contributed by atoms with E-state index in [9.17, 15) is 24.6 Å². The van der Waals surface area contributed by atoms with Gasteiger partial charge in [0.1, 0.15) is 12.1 Å². The molecule has 0 saturated carbocycles. The van der Waals surface area contributed by atoms with Crippen LogP contribution in [0.15, 0.2) is 24.5 Å². The molecule has 0 saturated heterocycles. The molecule has 3 heterocycles. The molecule has 3 rings (SSSR count). The number of thiazole rings is 1. The Balaban J connectivity index is 2.19. The molecule has 152 valence electrons. The number of hydrogen-bond donors (Lipinski definition) is 2. The third kappa shape index (κ3) is 3.94. The molecule has 11 heteroatoms. The van der Waals surface area contributed by atoms with Gasteiger partial charge >= 0.3 is 17.5 Å². The first kappa shape index (κ1) is 20.7. The molecule has 0 aliphatic rings. The molecule has 9 nitrogen and oxygen atoms in total. The molecule has 0 aliphatic carbocycles. The zero-order chi connectivity index (χ0) is 21.3. The van der Waals surface area contributed by atoms with Crippen LogP contribution in [0.25, 0.3) is 5.65 Å². The van der Waals surface area contributed by atoms with Crippen LogP contribution in [0, 0.1) is 0 Å². The summed E-state index contributed by atoms with van der Waals surface area (Å²) in [5.74, 6) is -2.40. The summed E-state index contributed by atoms with van der Waals surface area (Å²) in [5, 5.41) is 20.5. The van der Waals surface area contributed by atoms with E-state index in [1.165, 1.54) is 56.7 Å². The lowest BCUT2D eigenvalue weighted by Crippen LogP contribution is -2.35. The number of carbonyl (C=O) groups is 3. The monoisotopic (exact) mass is 437 g/mol. The van der Waals surface area contributed by atoms with Crippen molar-refractivity contribution >= 4 is 46.2 Å². The number of imidazole rings is 1. The van der Waals surface area contributed by atoms with Gasteiger partial charge in [0.25, 0.3) is 5.69 Å². The number of likely N-dealkylation sites (N-methyl/N-ethyl adjacent to an activating group) is 1. The molecule has 0 bridgehead atoms. The average Bonchev–Trinajstić information content (AvgIpc) is 3.20. The minimum atomic E-state index is -1.21. The first-order valence-electron chi connectivity index (χ1n) is 8.62. The quantitative estimate of drug-likeness (QED) is 0.430. The lowest BCUT2D eigenvalue weighted by molar-refractivity contribution is -0.667. The number of Topliss-reactive ketones (excluding diaryl/α,β-unsaturated/α-hetero) is 1. The first-order chi connectivity index (χ1) is 13.7. The fourth-order valence-electron chi connectivity index (χ4n) is 3.07. The molecule has 0 radical (unpaired) electrons. The van der Waals surface area contributed by atoms with E-state index in [0.29, 0.717) is 15.9 Å². The second-order valence-corrected chi connectivity index (χ2v) is 7.91. The van der Waals surface area contributed by atoms with E-state index in [1.54, 1.807) is 6.92 Å². The van der Waals surface area contributed by atoms with Crippen LogP contribution in [0.2, 0.25) is 4.47 Å². The van der Waals surface area contributed by atoms with Crippen LogP contribution in [0.1, 0.15) is 39.6 Å². The Hall–Kier alpha value is -2.98. The van der Waals surface area contributed by atoms with E-state index in [2.05, 4.69) is 4.98 Å². The van der Waals surface area contributed by atoms with Gasteiger partial charge in [-0.3, -0.25) is 9.59 Å². The van der Waals surface area contributed by atoms with Crippen molar-refractivity contribution in [2.45, 2.75) is 20.4 Å². The summed E-state index contributed by atoms with van der Waals surface area (Å²) in [5.41, 5.74) is -0.0500. The van der Waals surface area contributed by atoms with Crippen molar-refractivity contribution in [3.8, 4) is 5.88 Å². The molecule has 0 aliphatic heterocycles. The zero-order valence-corrected chi connectivity index (χ0v) is 17.2. The number of fused-ring (bicyclic) bond motifs is 1. The van der Waals surface area contributed by atoms with Gasteiger partial charge in [-0.15, -0.1) is 11.3 Å². The standard InChI is InChI=1S/C18H17ClN4O5S/c1-3-21(10(2)24)9-13(25)14-16(26)23(8-11-7-20-18(19)29-11)15-12(17(27)28)5-4-6-22(14)15/h4-7H,3,8-9H2,1-2H3,(H-,25,26,27,28)/p+1. The lowest BCUT2D eigenvalue weighted by atomic mass is 10.2. The third-order valence-corrected chi connectivity index (χ3v) is 5.53. The van der Waals surface area contributed by atoms with Gasteiger partial charge in [-0.2, -0.15) is 8.97 Å². The maximum absolute atomic E-state index is 12.9. The second-order valence-electron chi connectivity index (χ2n) is 6.21. The minimum Gasteiger partial charge on any atom is -0.477 e. The highest BCUT2D eigenvalue weighted by molar-refractivity contribution is 7.15. The van der Waals surface area contributed by atoms with E-state index in [1.807, 2.05) is 0 Å². The zero-order valence-electron chi connectivity index (χ0n) is 15.6. The Bertz CT molecular complexity index is 1120. The normalized spacial score (nSPS) is 11.0. The Kier molecular flexibility index (Phi) is 5.85. The Morgan fingerprint density at radius 3 is 2.66 bits per heavy atom. The van der Waals surface area contributed by atoms with Gasteiger partial charge in [-0.05, 0) is 19.1 Å². The molecular weight excluding hydrogens is 420 g/mol. The summed E-state index contributed by atoms with van der Waals surface area (Å²) in [6.45, 7) is 3.24. The number of aromatic hydroxyl groups is 1. The number of halogens is 1. The maximum atomic E-state index is 12.9.